The van der Waals surface area contributed by atoms with E-state index in [-0.39, 0.29) is 47.5 Å². The molecule has 0 unspecified atom stereocenters. The third-order valence-corrected chi connectivity index (χ3v) is 9.23. The molecule has 0 saturated heterocycles. The van der Waals surface area contributed by atoms with E-state index < -0.39 is 20.0 Å². The summed E-state index contributed by atoms with van der Waals surface area (Å²) in [6, 6.07) is 8.65. The highest BCUT2D eigenvalue weighted by molar-refractivity contribution is 7.89. The van der Waals surface area contributed by atoms with Gasteiger partial charge in [-0.1, -0.05) is 13.8 Å². The molecule has 0 saturated carbocycles. The normalized spacial score (nSPS) is 12.1. The predicted octanol–water partition coefficient (Wildman–Crippen LogP) is 2.44. The van der Waals surface area contributed by atoms with Crippen LogP contribution in [0.25, 0.3) is 0 Å². The SMILES string of the molecule is CCN(CCN(CC)S(=O)(=O)c1ccc(OC)c(OC)c1)S(=O)(=O)c1ccc(OC)c(OC)c1. The molecule has 190 valence electrons. The molecule has 34 heavy (non-hydrogen) atoms. The van der Waals surface area contributed by atoms with Crippen LogP contribution in [-0.4, -0.2) is 80.1 Å². The summed E-state index contributed by atoms with van der Waals surface area (Å²) < 4.78 is 76.2. The number of hydrogen-bond acceptors (Lipinski definition) is 8. The van der Waals surface area contributed by atoms with Gasteiger partial charge in [0.25, 0.3) is 0 Å². The lowest BCUT2D eigenvalue weighted by Crippen LogP contribution is -2.41. The summed E-state index contributed by atoms with van der Waals surface area (Å²) in [7, 11) is -2.04. The van der Waals surface area contributed by atoms with Crippen LogP contribution in [0, 0.1) is 0 Å². The Hall–Kier alpha value is -2.54. The summed E-state index contributed by atoms with van der Waals surface area (Å²) in [5, 5.41) is 0. The lowest BCUT2D eigenvalue weighted by atomic mass is 10.3. The largest absolute Gasteiger partial charge is 0.493 e. The van der Waals surface area contributed by atoms with E-state index in [9.17, 15) is 16.8 Å². The van der Waals surface area contributed by atoms with Crippen molar-refractivity contribution >= 4 is 20.0 Å². The molecule has 2 rings (SSSR count). The van der Waals surface area contributed by atoms with Crippen molar-refractivity contribution in [1.82, 2.24) is 8.61 Å². The molecule has 0 heterocycles. The van der Waals surface area contributed by atoms with Crippen molar-refractivity contribution in [1.29, 1.82) is 0 Å². The van der Waals surface area contributed by atoms with Crippen LogP contribution in [0.2, 0.25) is 0 Å². The van der Waals surface area contributed by atoms with Crippen LogP contribution < -0.4 is 18.9 Å². The molecule has 0 N–H and O–H groups in total. The number of rotatable bonds is 13. The molecule has 0 fully saturated rings. The van der Waals surface area contributed by atoms with Crippen LogP contribution in [0.1, 0.15) is 13.8 Å². The summed E-state index contributed by atoms with van der Waals surface area (Å²) in [5.74, 6) is 1.38. The third-order valence-electron chi connectivity index (χ3n) is 5.29. The van der Waals surface area contributed by atoms with Gasteiger partial charge in [0.1, 0.15) is 0 Å². The Morgan fingerprint density at radius 2 is 0.912 bits per heavy atom. The molecule has 0 aliphatic rings. The molecule has 0 spiro atoms. The lowest BCUT2D eigenvalue weighted by molar-refractivity contribution is 0.350. The second kappa shape index (κ2) is 11.7. The van der Waals surface area contributed by atoms with Crippen LogP contribution in [0.15, 0.2) is 46.2 Å². The van der Waals surface area contributed by atoms with Gasteiger partial charge in [0, 0.05) is 38.3 Å². The van der Waals surface area contributed by atoms with Gasteiger partial charge in [0.2, 0.25) is 20.0 Å². The molecule has 12 heteroatoms. The fraction of sp³-hybridized carbons (Fsp3) is 0.455. The van der Waals surface area contributed by atoms with Crippen LogP contribution in [0.4, 0.5) is 0 Å². The predicted molar refractivity (Wildman–Crippen MR) is 128 cm³/mol. The van der Waals surface area contributed by atoms with E-state index in [1.807, 2.05) is 0 Å². The molecule has 0 atom stereocenters. The summed E-state index contributed by atoms with van der Waals surface area (Å²) in [5.41, 5.74) is 0. The number of nitrogens with zero attached hydrogens (tertiary/aromatic N) is 2. The zero-order valence-corrected chi connectivity index (χ0v) is 21.9. The Kier molecular flexibility index (Phi) is 9.56. The molecule has 0 radical (unpaired) electrons. The van der Waals surface area contributed by atoms with Crippen LogP contribution >= 0.6 is 0 Å². The smallest absolute Gasteiger partial charge is 0.243 e. The first-order chi connectivity index (χ1) is 16.1. The van der Waals surface area contributed by atoms with Crippen molar-refractivity contribution in [2.75, 3.05) is 54.6 Å². The van der Waals surface area contributed by atoms with Gasteiger partial charge in [-0.2, -0.15) is 8.61 Å². The van der Waals surface area contributed by atoms with Gasteiger partial charge in [0.15, 0.2) is 23.0 Å². The second-order valence-corrected chi connectivity index (χ2v) is 10.9. The van der Waals surface area contributed by atoms with Gasteiger partial charge >= 0.3 is 0 Å². The van der Waals surface area contributed by atoms with E-state index in [0.717, 1.165) is 0 Å². The Morgan fingerprint density at radius 3 is 1.18 bits per heavy atom. The summed E-state index contributed by atoms with van der Waals surface area (Å²) in [6.07, 6.45) is 0. The first-order valence-electron chi connectivity index (χ1n) is 10.5. The molecule has 0 amide bonds. The lowest BCUT2D eigenvalue weighted by Gasteiger charge is -2.26. The summed E-state index contributed by atoms with van der Waals surface area (Å²) >= 11 is 0. The zero-order valence-electron chi connectivity index (χ0n) is 20.3. The minimum atomic E-state index is -3.90. The van der Waals surface area contributed by atoms with Crippen molar-refractivity contribution in [3.8, 4) is 23.0 Å². The number of methoxy groups -OCH3 is 4. The van der Waals surface area contributed by atoms with E-state index in [1.54, 1.807) is 13.8 Å². The average molecular weight is 517 g/mol. The maximum Gasteiger partial charge on any atom is 0.243 e. The Balaban J connectivity index is 2.29. The van der Waals surface area contributed by atoms with Crippen LogP contribution in [-0.2, 0) is 20.0 Å². The number of hydrogen-bond donors (Lipinski definition) is 0. The first kappa shape index (κ1) is 27.7. The monoisotopic (exact) mass is 516 g/mol. The molecule has 0 aromatic heterocycles. The van der Waals surface area contributed by atoms with Gasteiger partial charge in [-0.05, 0) is 24.3 Å². The zero-order chi connectivity index (χ0) is 25.5. The van der Waals surface area contributed by atoms with Gasteiger partial charge in [-0.3, -0.25) is 0 Å². The number of likely N-dealkylation sites (N-methyl/N-ethyl adjacent to an activating group) is 2. The van der Waals surface area contributed by atoms with Crippen molar-refractivity contribution in [2.24, 2.45) is 0 Å². The Bertz CT molecular complexity index is 1090. The maximum absolute atomic E-state index is 13.2. The van der Waals surface area contributed by atoms with Crippen LogP contribution in [0.5, 0.6) is 23.0 Å². The van der Waals surface area contributed by atoms with Crippen molar-refractivity contribution < 1.29 is 35.8 Å². The maximum atomic E-state index is 13.2. The highest BCUT2D eigenvalue weighted by Gasteiger charge is 2.29. The molecule has 0 aliphatic heterocycles. The van der Waals surface area contributed by atoms with E-state index in [1.165, 1.54) is 73.4 Å². The number of benzene rings is 2. The van der Waals surface area contributed by atoms with Gasteiger partial charge < -0.3 is 18.9 Å². The molecule has 10 nitrogen and oxygen atoms in total. The highest BCUT2D eigenvalue weighted by atomic mass is 32.2. The second-order valence-electron chi connectivity index (χ2n) is 7.03. The first-order valence-corrected chi connectivity index (χ1v) is 13.4. The van der Waals surface area contributed by atoms with E-state index in [2.05, 4.69) is 0 Å². The summed E-state index contributed by atoms with van der Waals surface area (Å²) in [4.78, 5) is 0.0515. The standard InChI is InChI=1S/C22H32N2O8S2/c1-7-23(33(25,26)17-9-11-19(29-3)21(15-17)31-5)13-14-24(8-2)34(27,28)18-10-12-20(30-4)22(16-18)32-6/h9-12,15-16H,7-8,13-14H2,1-6H3. The molecule has 0 bridgehead atoms. The van der Waals surface area contributed by atoms with Crippen molar-refractivity contribution in [3.63, 3.8) is 0 Å². The molecule has 2 aromatic rings. The van der Waals surface area contributed by atoms with Crippen LogP contribution in [0.3, 0.4) is 0 Å². The van der Waals surface area contributed by atoms with Crippen molar-refractivity contribution in [2.45, 2.75) is 23.6 Å². The number of ether oxygens (including phenoxy) is 4. The number of sulfonamides is 2. The summed E-state index contributed by atoms with van der Waals surface area (Å²) in [6.45, 7) is 3.63. The van der Waals surface area contributed by atoms with E-state index in [4.69, 9.17) is 18.9 Å². The fourth-order valence-electron chi connectivity index (χ4n) is 3.37. The quantitative estimate of drug-likeness (QED) is 0.399. The minimum Gasteiger partial charge on any atom is -0.493 e. The van der Waals surface area contributed by atoms with Gasteiger partial charge in [-0.15, -0.1) is 0 Å². The van der Waals surface area contributed by atoms with E-state index >= 15 is 0 Å². The van der Waals surface area contributed by atoms with Gasteiger partial charge in [-0.25, -0.2) is 16.8 Å². The van der Waals surface area contributed by atoms with E-state index in [0.29, 0.717) is 11.5 Å². The minimum absolute atomic E-state index is 0.0257. The molecular formula is C22H32N2O8S2. The topological polar surface area (TPSA) is 112 Å². The Morgan fingerprint density at radius 1 is 0.588 bits per heavy atom. The molecule has 0 aliphatic carbocycles. The third kappa shape index (κ3) is 5.74. The Labute approximate surface area is 202 Å². The molecular weight excluding hydrogens is 484 g/mol. The fourth-order valence-corrected chi connectivity index (χ4v) is 6.28. The van der Waals surface area contributed by atoms with Crippen molar-refractivity contribution in [3.05, 3.63) is 36.4 Å². The average Bonchev–Trinajstić information content (AvgIpc) is 2.85. The highest BCUT2D eigenvalue weighted by Crippen LogP contribution is 2.32. The molecule has 2 aromatic carbocycles. The van der Waals surface area contributed by atoms with Gasteiger partial charge in [0.05, 0.1) is 38.2 Å².